The number of fused-ring (bicyclic) bond motifs is 1. The molecular weight excluding hydrogens is 362 g/mol. The van der Waals surface area contributed by atoms with E-state index in [9.17, 15) is 0 Å². The summed E-state index contributed by atoms with van der Waals surface area (Å²) in [6.45, 7) is 1.43. The molecule has 2 aromatic heterocycles. The number of halogens is 1. The Morgan fingerprint density at radius 2 is 2.17 bits per heavy atom. The predicted molar refractivity (Wildman–Crippen MR) is 90.8 cm³/mol. The minimum absolute atomic E-state index is 0.0220. The predicted octanol–water partition coefficient (Wildman–Crippen LogP) is 2.00. The number of nitrogens with one attached hydrogen (secondary N) is 1. The number of hydrogen-bond donors (Lipinski definition) is 2. The first-order valence-electron chi connectivity index (χ1n) is 7.16. The van der Waals surface area contributed by atoms with Crippen LogP contribution in [-0.2, 0) is 4.74 Å². The Morgan fingerprint density at radius 1 is 1.26 bits per heavy atom. The molecule has 0 unspecified atom stereocenters. The van der Waals surface area contributed by atoms with Crippen LogP contribution in [0.3, 0.4) is 0 Å². The molecule has 3 rings (SSSR count). The van der Waals surface area contributed by atoms with Crippen LogP contribution in [0.25, 0.3) is 16.9 Å². The second-order valence-corrected chi connectivity index (χ2v) is 5.68. The first kappa shape index (κ1) is 15.9. The summed E-state index contributed by atoms with van der Waals surface area (Å²) in [5.74, 6) is 1.28. The van der Waals surface area contributed by atoms with Crippen molar-refractivity contribution < 1.29 is 9.84 Å². The van der Waals surface area contributed by atoms with Gasteiger partial charge in [0.1, 0.15) is 12.1 Å². The van der Waals surface area contributed by atoms with Crippen LogP contribution in [0, 0.1) is 0 Å². The Hall–Kier alpha value is -2.03. The summed E-state index contributed by atoms with van der Waals surface area (Å²) in [7, 11) is 0. The summed E-state index contributed by atoms with van der Waals surface area (Å²) in [6.07, 6.45) is 5.15. The van der Waals surface area contributed by atoms with Crippen LogP contribution in [0.2, 0.25) is 0 Å². The van der Waals surface area contributed by atoms with Crippen molar-refractivity contribution in [2.75, 3.05) is 31.7 Å². The molecule has 0 saturated carbocycles. The molecule has 0 bridgehead atoms. The van der Waals surface area contributed by atoms with E-state index in [0.29, 0.717) is 25.7 Å². The van der Waals surface area contributed by atoms with Gasteiger partial charge in [0, 0.05) is 28.8 Å². The molecule has 120 valence electrons. The number of aliphatic hydroxyl groups excluding tert-OH is 1. The molecule has 23 heavy (non-hydrogen) atoms. The highest BCUT2D eigenvalue weighted by molar-refractivity contribution is 9.10. The highest BCUT2D eigenvalue weighted by atomic mass is 79.9. The van der Waals surface area contributed by atoms with Gasteiger partial charge in [-0.25, -0.2) is 9.97 Å². The van der Waals surface area contributed by atoms with Crippen molar-refractivity contribution in [2.45, 2.75) is 0 Å². The van der Waals surface area contributed by atoms with Gasteiger partial charge in [0.05, 0.1) is 25.3 Å². The maximum absolute atomic E-state index is 8.72. The Balaban J connectivity index is 1.91. The zero-order chi connectivity index (χ0) is 16.1. The maximum Gasteiger partial charge on any atom is 0.237 e. The SMILES string of the molecule is OCCOCCNc1nc(-n2ccnc2)nc2ccc(Br)cc12. The molecule has 3 aromatic rings. The fourth-order valence-corrected chi connectivity index (χ4v) is 2.49. The number of imidazole rings is 1. The van der Waals surface area contributed by atoms with Gasteiger partial charge >= 0.3 is 0 Å². The number of ether oxygens (including phenoxy) is 1. The molecule has 0 spiro atoms. The van der Waals surface area contributed by atoms with E-state index < -0.39 is 0 Å². The lowest BCUT2D eigenvalue weighted by molar-refractivity contribution is 0.0992. The first-order chi connectivity index (χ1) is 11.3. The number of aromatic nitrogens is 4. The van der Waals surface area contributed by atoms with Crippen molar-refractivity contribution in [3.63, 3.8) is 0 Å². The van der Waals surface area contributed by atoms with Gasteiger partial charge in [-0.05, 0) is 18.2 Å². The molecule has 1 aromatic carbocycles. The molecule has 0 aliphatic heterocycles. The molecule has 0 aliphatic rings. The number of anilines is 1. The van der Waals surface area contributed by atoms with Gasteiger partial charge in [-0.15, -0.1) is 0 Å². The Morgan fingerprint density at radius 3 is 2.96 bits per heavy atom. The van der Waals surface area contributed by atoms with E-state index in [1.165, 1.54) is 0 Å². The third kappa shape index (κ3) is 3.84. The zero-order valence-corrected chi connectivity index (χ0v) is 13.9. The first-order valence-corrected chi connectivity index (χ1v) is 7.95. The Labute approximate surface area is 141 Å². The van der Waals surface area contributed by atoms with Crippen molar-refractivity contribution in [1.82, 2.24) is 19.5 Å². The van der Waals surface area contributed by atoms with E-state index in [-0.39, 0.29) is 6.61 Å². The van der Waals surface area contributed by atoms with E-state index in [1.807, 2.05) is 18.2 Å². The molecule has 0 fully saturated rings. The minimum atomic E-state index is 0.0220. The summed E-state index contributed by atoms with van der Waals surface area (Å²) in [4.78, 5) is 13.2. The maximum atomic E-state index is 8.72. The monoisotopic (exact) mass is 377 g/mol. The standard InChI is InChI=1S/C15H16BrN5O2/c16-11-1-2-13-12(9-11)14(18-4-7-23-8-6-22)20-15(19-13)21-5-3-17-10-21/h1-3,5,9-10,22H,4,6-8H2,(H,18,19,20). The van der Waals surface area contributed by atoms with Crippen LogP contribution in [0.1, 0.15) is 0 Å². The van der Waals surface area contributed by atoms with E-state index in [2.05, 4.69) is 36.2 Å². The van der Waals surface area contributed by atoms with Crippen LogP contribution in [0.4, 0.5) is 5.82 Å². The van der Waals surface area contributed by atoms with Crippen molar-refractivity contribution >= 4 is 32.7 Å². The van der Waals surface area contributed by atoms with E-state index in [0.717, 1.165) is 21.2 Å². The van der Waals surface area contributed by atoms with Gasteiger partial charge in [-0.2, -0.15) is 4.98 Å². The van der Waals surface area contributed by atoms with Gasteiger partial charge in [-0.1, -0.05) is 15.9 Å². The van der Waals surface area contributed by atoms with Crippen LogP contribution in [-0.4, -0.2) is 51.0 Å². The van der Waals surface area contributed by atoms with Crippen molar-refractivity contribution in [3.8, 4) is 5.95 Å². The number of hydrogen-bond acceptors (Lipinski definition) is 6. The third-order valence-electron chi connectivity index (χ3n) is 3.16. The third-order valence-corrected chi connectivity index (χ3v) is 3.65. The van der Waals surface area contributed by atoms with Crippen LogP contribution in [0.15, 0.2) is 41.4 Å². The second kappa shape index (κ2) is 7.49. The zero-order valence-electron chi connectivity index (χ0n) is 12.3. The van der Waals surface area contributed by atoms with Crippen molar-refractivity contribution in [3.05, 3.63) is 41.4 Å². The molecule has 0 aliphatic carbocycles. The van der Waals surface area contributed by atoms with Crippen molar-refractivity contribution in [1.29, 1.82) is 0 Å². The summed E-state index contributed by atoms with van der Waals surface area (Å²) in [6, 6.07) is 5.86. The largest absolute Gasteiger partial charge is 0.394 e. The fraction of sp³-hybridized carbons (Fsp3) is 0.267. The topological polar surface area (TPSA) is 85.1 Å². The Kier molecular flexibility index (Phi) is 5.16. The number of benzene rings is 1. The quantitative estimate of drug-likeness (QED) is 0.612. The molecular formula is C15H16BrN5O2. The average molecular weight is 378 g/mol. The molecule has 0 atom stereocenters. The molecule has 2 N–H and O–H groups in total. The lowest BCUT2D eigenvalue weighted by Crippen LogP contribution is -2.13. The molecule has 0 amide bonds. The van der Waals surface area contributed by atoms with E-state index >= 15 is 0 Å². The minimum Gasteiger partial charge on any atom is -0.394 e. The molecule has 0 saturated heterocycles. The number of aliphatic hydroxyl groups is 1. The highest BCUT2D eigenvalue weighted by Crippen LogP contribution is 2.25. The van der Waals surface area contributed by atoms with E-state index in [1.54, 1.807) is 23.3 Å². The van der Waals surface area contributed by atoms with Gasteiger partial charge in [-0.3, -0.25) is 4.57 Å². The van der Waals surface area contributed by atoms with Crippen LogP contribution < -0.4 is 5.32 Å². The molecule has 7 nitrogen and oxygen atoms in total. The summed E-state index contributed by atoms with van der Waals surface area (Å²) in [5, 5.41) is 12.9. The molecule has 2 heterocycles. The average Bonchev–Trinajstić information content (AvgIpc) is 3.09. The second-order valence-electron chi connectivity index (χ2n) is 4.77. The smallest absolute Gasteiger partial charge is 0.237 e. The summed E-state index contributed by atoms with van der Waals surface area (Å²) in [5.41, 5.74) is 0.839. The normalized spacial score (nSPS) is 11.0. The lowest BCUT2D eigenvalue weighted by Gasteiger charge is -2.11. The molecule has 8 heteroatoms. The lowest BCUT2D eigenvalue weighted by atomic mass is 10.2. The van der Waals surface area contributed by atoms with Crippen LogP contribution in [0.5, 0.6) is 0 Å². The van der Waals surface area contributed by atoms with Gasteiger partial charge in [0.2, 0.25) is 5.95 Å². The highest BCUT2D eigenvalue weighted by Gasteiger charge is 2.09. The Bertz CT molecular complexity index is 779. The van der Waals surface area contributed by atoms with E-state index in [4.69, 9.17) is 9.84 Å². The summed E-state index contributed by atoms with van der Waals surface area (Å²) < 4.78 is 7.98. The van der Waals surface area contributed by atoms with Gasteiger partial charge in [0.25, 0.3) is 0 Å². The summed E-state index contributed by atoms with van der Waals surface area (Å²) >= 11 is 3.48. The van der Waals surface area contributed by atoms with Crippen LogP contribution >= 0.6 is 15.9 Å². The fourth-order valence-electron chi connectivity index (χ4n) is 2.12. The number of nitrogens with zero attached hydrogens (tertiary/aromatic N) is 4. The van der Waals surface area contributed by atoms with Gasteiger partial charge < -0.3 is 15.2 Å². The number of rotatable bonds is 7. The molecule has 0 radical (unpaired) electrons. The van der Waals surface area contributed by atoms with Crippen molar-refractivity contribution in [2.24, 2.45) is 0 Å². The van der Waals surface area contributed by atoms with Gasteiger partial charge in [0.15, 0.2) is 0 Å².